The zero-order valence-electron chi connectivity index (χ0n) is 23.0. The van der Waals surface area contributed by atoms with E-state index in [4.69, 9.17) is 16.6 Å². The Kier molecular flexibility index (Phi) is 7.85. The highest BCUT2D eigenvalue weighted by Gasteiger charge is 2.34. The van der Waals surface area contributed by atoms with Gasteiger partial charge in [-0.25, -0.2) is 18.3 Å². The van der Waals surface area contributed by atoms with Gasteiger partial charge in [-0.3, -0.25) is 9.69 Å². The predicted molar refractivity (Wildman–Crippen MR) is 153 cm³/mol. The Balaban J connectivity index is 1.73. The van der Waals surface area contributed by atoms with E-state index in [0.717, 1.165) is 40.2 Å². The first-order valence-corrected chi connectivity index (χ1v) is 13.6. The molecule has 10 heteroatoms. The Morgan fingerprint density at radius 2 is 1.66 bits per heavy atom. The second kappa shape index (κ2) is 11.5. The number of rotatable bonds is 8. The van der Waals surface area contributed by atoms with E-state index in [1.54, 1.807) is 4.68 Å². The van der Waals surface area contributed by atoms with Crippen molar-refractivity contribution in [1.29, 1.82) is 0 Å². The quantitative estimate of drug-likeness (QED) is 0.281. The number of amides is 3. The smallest absolute Gasteiger partial charge is 0.316 e. The molecular formula is C31H32F2N6O2. The number of aryl methyl sites for hydroxylation is 2. The lowest BCUT2D eigenvalue weighted by molar-refractivity contribution is -0.123. The number of nitrogens with two attached hydrogens (primary N) is 2. The average Bonchev–Trinajstić information content (AvgIpc) is 3.32. The second-order valence-corrected chi connectivity index (χ2v) is 10.1. The highest BCUT2D eigenvalue weighted by atomic mass is 19.1. The Morgan fingerprint density at radius 3 is 2.27 bits per heavy atom. The van der Waals surface area contributed by atoms with Gasteiger partial charge in [-0.2, -0.15) is 5.10 Å². The van der Waals surface area contributed by atoms with E-state index in [1.807, 2.05) is 67.3 Å². The third-order valence-electron chi connectivity index (χ3n) is 7.56. The van der Waals surface area contributed by atoms with Gasteiger partial charge in [-0.1, -0.05) is 62.4 Å². The van der Waals surface area contributed by atoms with Gasteiger partial charge in [-0.15, -0.1) is 0 Å². The van der Waals surface area contributed by atoms with Crippen molar-refractivity contribution in [3.63, 3.8) is 0 Å². The number of hydrogen-bond donors (Lipinski definition) is 3. The average molecular weight is 559 g/mol. The molecule has 5 rings (SSSR count). The molecule has 0 radical (unpaired) electrons. The minimum absolute atomic E-state index is 0.0172. The molecule has 2 heterocycles. The Hall–Kier alpha value is -4.57. The molecule has 0 spiro atoms. The highest BCUT2D eigenvalue weighted by Crippen LogP contribution is 2.39. The van der Waals surface area contributed by atoms with Crippen molar-refractivity contribution in [3.8, 4) is 16.9 Å². The predicted octanol–water partition coefficient (Wildman–Crippen LogP) is 5.02. The van der Waals surface area contributed by atoms with Gasteiger partial charge in [0, 0.05) is 36.7 Å². The highest BCUT2D eigenvalue weighted by molar-refractivity contribution is 5.88. The Morgan fingerprint density at radius 1 is 0.976 bits per heavy atom. The molecule has 0 saturated carbocycles. The number of para-hydroxylation sites is 1. The summed E-state index contributed by atoms with van der Waals surface area (Å²) in [6, 6.07) is 15.5. The van der Waals surface area contributed by atoms with Crippen molar-refractivity contribution in [2.75, 3.05) is 11.9 Å². The zero-order valence-corrected chi connectivity index (χ0v) is 23.0. The van der Waals surface area contributed by atoms with Gasteiger partial charge in [0.15, 0.2) is 0 Å². The topological polar surface area (TPSA) is 119 Å². The minimum Gasteiger partial charge on any atom is -0.368 e. The first kappa shape index (κ1) is 28.0. The van der Waals surface area contributed by atoms with Crippen molar-refractivity contribution in [2.45, 2.75) is 45.7 Å². The summed E-state index contributed by atoms with van der Waals surface area (Å²) in [5, 5.41) is 7.09. The molecule has 5 N–H and O–H groups in total. The van der Waals surface area contributed by atoms with Crippen LogP contribution in [0.2, 0.25) is 0 Å². The van der Waals surface area contributed by atoms with E-state index in [0.29, 0.717) is 37.1 Å². The monoisotopic (exact) mass is 558 g/mol. The summed E-state index contributed by atoms with van der Waals surface area (Å²) in [6.45, 7) is 4.81. The molecule has 41 heavy (non-hydrogen) atoms. The van der Waals surface area contributed by atoms with Crippen LogP contribution in [0.3, 0.4) is 0 Å². The fourth-order valence-corrected chi connectivity index (χ4v) is 5.69. The number of nitrogens with zero attached hydrogens (tertiary/aromatic N) is 3. The van der Waals surface area contributed by atoms with Crippen molar-refractivity contribution in [3.05, 3.63) is 100 Å². The largest absolute Gasteiger partial charge is 0.368 e. The van der Waals surface area contributed by atoms with Gasteiger partial charge in [0.05, 0.1) is 22.8 Å². The van der Waals surface area contributed by atoms with Gasteiger partial charge >= 0.3 is 6.03 Å². The van der Waals surface area contributed by atoms with E-state index in [2.05, 4.69) is 5.32 Å². The number of aromatic nitrogens is 2. The van der Waals surface area contributed by atoms with Gasteiger partial charge in [0.1, 0.15) is 17.7 Å². The number of halogens is 2. The molecule has 3 amide bonds. The third-order valence-corrected chi connectivity index (χ3v) is 7.56. The molecule has 0 saturated heterocycles. The van der Waals surface area contributed by atoms with E-state index in [9.17, 15) is 9.59 Å². The van der Waals surface area contributed by atoms with Crippen LogP contribution in [0, 0.1) is 11.6 Å². The van der Waals surface area contributed by atoms with E-state index in [-0.39, 0.29) is 17.8 Å². The maximum absolute atomic E-state index is 15.8. The maximum atomic E-state index is 15.8. The van der Waals surface area contributed by atoms with Crippen molar-refractivity contribution >= 4 is 17.6 Å². The van der Waals surface area contributed by atoms with Crippen LogP contribution in [0.5, 0.6) is 0 Å². The van der Waals surface area contributed by atoms with Crippen molar-refractivity contribution in [2.24, 2.45) is 11.5 Å². The summed E-state index contributed by atoms with van der Waals surface area (Å²) in [4.78, 5) is 26.0. The van der Waals surface area contributed by atoms with Crippen LogP contribution in [0.25, 0.3) is 16.9 Å². The first-order chi connectivity index (χ1) is 19.7. The standard InChI is InChI=1S/C31H32F2N6O2/c1-3-18-11-8-12-19(4-2)27(18)39-29(21-15-24(33)26(16-23(21)32)36-31(35)41)22-17-38(14-13-25(22)37-39)28(30(34)40)20-9-6-5-7-10-20/h5-12,15-16,28H,3-4,13-14,17H2,1-2H3,(H2,34,40)(H3,35,36,41). The number of hydrogen-bond acceptors (Lipinski definition) is 4. The molecule has 0 fully saturated rings. The fraction of sp³-hybridized carbons (Fsp3) is 0.258. The lowest BCUT2D eigenvalue weighted by Crippen LogP contribution is -2.40. The molecule has 1 unspecified atom stereocenters. The van der Waals surface area contributed by atoms with Gasteiger partial charge in [0.25, 0.3) is 0 Å². The molecule has 4 aromatic rings. The molecule has 8 nitrogen and oxygen atoms in total. The molecule has 1 aliphatic heterocycles. The second-order valence-electron chi connectivity index (χ2n) is 10.1. The van der Waals surface area contributed by atoms with E-state index < -0.39 is 29.6 Å². The lowest BCUT2D eigenvalue weighted by Gasteiger charge is -2.33. The maximum Gasteiger partial charge on any atom is 0.316 e. The number of fused-ring (bicyclic) bond motifs is 1. The van der Waals surface area contributed by atoms with E-state index >= 15 is 8.78 Å². The van der Waals surface area contributed by atoms with Crippen molar-refractivity contribution in [1.82, 2.24) is 14.7 Å². The molecular weight excluding hydrogens is 526 g/mol. The summed E-state index contributed by atoms with van der Waals surface area (Å²) in [6.07, 6.45) is 1.89. The van der Waals surface area contributed by atoms with E-state index in [1.165, 1.54) is 0 Å². The fourth-order valence-electron chi connectivity index (χ4n) is 5.69. The molecule has 0 bridgehead atoms. The zero-order chi connectivity index (χ0) is 29.3. The van der Waals surface area contributed by atoms with Crippen LogP contribution in [-0.4, -0.2) is 33.2 Å². The van der Waals surface area contributed by atoms with Crippen LogP contribution in [0.4, 0.5) is 19.3 Å². The molecule has 1 aliphatic rings. The van der Waals surface area contributed by atoms with Crippen LogP contribution in [0.15, 0.2) is 60.7 Å². The third kappa shape index (κ3) is 5.30. The van der Waals surface area contributed by atoms with Crippen LogP contribution < -0.4 is 16.8 Å². The Labute approximate surface area is 236 Å². The van der Waals surface area contributed by atoms with Gasteiger partial charge < -0.3 is 16.8 Å². The minimum atomic E-state index is -1.00. The first-order valence-electron chi connectivity index (χ1n) is 13.6. The molecule has 0 aliphatic carbocycles. The summed E-state index contributed by atoms with van der Waals surface area (Å²) < 4.78 is 32.8. The van der Waals surface area contributed by atoms with Crippen LogP contribution in [-0.2, 0) is 30.6 Å². The summed E-state index contributed by atoms with van der Waals surface area (Å²) in [5.41, 5.74) is 16.1. The molecule has 1 aromatic heterocycles. The summed E-state index contributed by atoms with van der Waals surface area (Å²) in [5.74, 6) is -2.09. The van der Waals surface area contributed by atoms with Crippen LogP contribution >= 0.6 is 0 Å². The van der Waals surface area contributed by atoms with Crippen LogP contribution in [0.1, 0.15) is 47.8 Å². The van der Waals surface area contributed by atoms with Gasteiger partial charge in [0.2, 0.25) is 5.91 Å². The lowest BCUT2D eigenvalue weighted by atomic mass is 9.96. The number of carbonyl (C=O) groups excluding carboxylic acids is 2. The normalized spacial score (nSPS) is 14.0. The number of nitrogens with one attached hydrogen (secondary N) is 1. The number of carbonyl (C=O) groups is 2. The number of anilines is 1. The molecule has 3 aromatic carbocycles. The van der Waals surface area contributed by atoms with Gasteiger partial charge in [-0.05, 0) is 35.6 Å². The molecule has 212 valence electrons. The number of urea groups is 1. The van der Waals surface area contributed by atoms with Crippen molar-refractivity contribution < 1.29 is 18.4 Å². The number of benzene rings is 3. The molecule has 1 atom stereocenters. The SMILES string of the molecule is CCc1cccc(CC)c1-n1nc2c(c1-c1cc(F)c(NC(N)=O)cc1F)CN(C(C(N)=O)c1ccccc1)CC2. The summed E-state index contributed by atoms with van der Waals surface area (Å²) in [7, 11) is 0. The number of primary amides is 2. The summed E-state index contributed by atoms with van der Waals surface area (Å²) >= 11 is 0. The Bertz CT molecular complexity index is 1600.